The van der Waals surface area contributed by atoms with Gasteiger partial charge in [0.25, 0.3) is 0 Å². The lowest BCUT2D eigenvalue weighted by Gasteiger charge is -2.09. The van der Waals surface area contributed by atoms with Crippen LogP contribution in [0.25, 0.3) is 0 Å². The maximum absolute atomic E-state index is 5.48. The van der Waals surface area contributed by atoms with Crippen molar-refractivity contribution in [3.8, 4) is 0 Å². The van der Waals surface area contributed by atoms with Crippen molar-refractivity contribution in [2.24, 2.45) is 5.73 Å². The van der Waals surface area contributed by atoms with Crippen molar-refractivity contribution >= 4 is 0 Å². The first-order valence-corrected chi connectivity index (χ1v) is 4.53. The van der Waals surface area contributed by atoms with Crippen LogP contribution in [0.3, 0.4) is 0 Å². The van der Waals surface area contributed by atoms with E-state index in [9.17, 15) is 0 Å². The minimum atomic E-state index is 0.165. The van der Waals surface area contributed by atoms with E-state index in [2.05, 4.69) is 21.9 Å². The Labute approximate surface area is 82.0 Å². The van der Waals surface area contributed by atoms with Crippen LogP contribution in [0.15, 0.2) is 24.9 Å². The predicted molar refractivity (Wildman–Crippen MR) is 52.5 cm³/mol. The highest BCUT2D eigenvalue weighted by Crippen LogP contribution is 2.13. The normalized spacial score (nSPS) is 13.0. The Bertz CT molecular complexity index is 389. The molecule has 5 heteroatoms. The number of nitrogens with one attached hydrogen (secondary N) is 1. The standard InChI is InChI=1S/C9H13N5/c1-7(9-11-2-3-12-9)14-5-8(4-10)13-6-14/h2-3,5-7H,4,10H2,1H3,(H,11,12). The Balaban J connectivity index is 2.23. The average Bonchev–Trinajstić information content (AvgIpc) is 2.88. The summed E-state index contributed by atoms with van der Waals surface area (Å²) in [7, 11) is 0. The number of imidazole rings is 2. The molecule has 2 rings (SSSR count). The molecular formula is C9H13N5. The lowest BCUT2D eigenvalue weighted by atomic mass is 10.3. The van der Waals surface area contributed by atoms with Crippen LogP contribution in [0.1, 0.15) is 24.5 Å². The van der Waals surface area contributed by atoms with E-state index >= 15 is 0 Å². The fourth-order valence-electron chi connectivity index (χ4n) is 1.34. The summed E-state index contributed by atoms with van der Waals surface area (Å²) in [6, 6.07) is 0.165. The summed E-state index contributed by atoms with van der Waals surface area (Å²) in [4.78, 5) is 11.4. The van der Waals surface area contributed by atoms with Crippen molar-refractivity contribution in [2.45, 2.75) is 19.5 Å². The second kappa shape index (κ2) is 3.63. The van der Waals surface area contributed by atoms with Crippen LogP contribution in [0, 0.1) is 0 Å². The minimum absolute atomic E-state index is 0.165. The first kappa shape index (κ1) is 8.96. The molecule has 0 aliphatic rings. The molecule has 2 aromatic rings. The summed E-state index contributed by atoms with van der Waals surface area (Å²) < 4.78 is 1.99. The Kier molecular flexibility index (Phi) is 2.32. The third-order valence-electron chi connectivity index (χ3n) is 2.23. The molecule has 0 fully saturated rings. The topological polar surface area (TPSA) is 72.5 Å². The van der Waals surface area contributed by atoms with Crippen LogP contribution in [0.5, 0.6) is 0 Å². The molecule has 0 saturated heterocycles. The number of aromatic nitrogens is 4. The zero-order chi connectivity index (χ0) is 9.97. The lowest BCUT2D eigenvalue weighted by Crippen LogP contribution is -2.06. The maximum Gasteiger partial charge on any atom is 0.128 e. The molecule has 0 radical (unpaired) electrons. The molecule has 0 saturated carbocycles. The van der Waals surface area contributed by atoms with Gasteiger partial charge < -0.3 is 15.3 Å². The molecule has 14 heavy (non-hydrogen) atoms. The zero-order valence-electron chi connectivity index (χ0n) is 8.01. The van der Waals surface area contributed by atoms with Crippen LogP contribution in [-0.2, 0) is 6.54 Å². The van der Waals surface area contributed by atoms with E-state index in [4.69, 9.17) is 5.73 Å². The van der Waals surface area contributed by atoms with Gasteiger partial charge in [0.2, 0.25) is 0 Å². The fourth-order valence-corrected chi connectivity index (χ4v) is 1.34. The molecular weight excluding hydrogens is 178 g/mol. The Morgan fingerprint density at radius 3 is 3.00 bits per heavy atom. The molecule has 74 valence electrons. The Morgan fingerprint density at radius 2 is 2.43 bits per heavy atom. The highest BCUT2D eigenvalue weighted by Gasteiger charge is 2.09. The number of aromatic amines is 1. The number of hydrogen-bond acceptors (Lipinski definition) is 3. The Hall–Kier alpha value is -1.62. The van der Waals surface area contributed by atoms with Crippen molar-refractivity contribution in [1.29, 1.82) is 0 Å². The zero-order valence-corrected chi connectivity index (χ0v) is 8.01. The summed E-state index contributed by atoms with van der Waals surface area (Å²) in [6.07, 6.45) is 7.27. The van der Waals surface area contributed by atoms with Crippen LogP contribution in [0.4, 0.5) is 0 Å². The molecule has 0 bridgehead atoms. The molecule has 0 aliphatic carbocycles. The highest BCUT2D eigenvalue weighted by molar-refractivity contribution is 5.02. The number of rotatable bonds is 3. The predicted octanol–water partition coefficient (Wildman–Crippen LogP) is 0.674. The molecule has 2 heterocycles. The monoisotopic (exact) mass is 191 g/mol. The van der Waals surface area contributed by atoms with E-state index in [1.54, 1.807) is 12.5 Å². The highest BCUT2D eigenvalue weighted by atomic mass is 15.1. The summed E-state index contributed by atoms with van der Waals surface area (Å²) in [5, 5.41) is 0. The molecule has 3 N–H and O–H groups in total. The average molecular weight is 191 g/mol. The molecule has 0 spiro atoms. The van der Waals surface area contributed by atoms with E-state index in [-0.39, 0.29) is 6.04 Å². The van der Waals surface area contributed by atoms with Gasteiger partial charge in [-0.05, 0) is 6.92 Å². The van der Waals surface area contributed by atoms with Crippen molar-refractivity contribution < 1.29 is 0 Å². The van der Waals surface area contributed by atoms with Gasteiger partial charge in [0.15, 0.2) is 0 Å². The van der Waals surface area contributed by atoms with Gasteiger partial charge in [-0.1, -0.05) is 0 Å². The van der Waals surface area contributed by atoms with Gasteiger partial charge in [-0.25, -0.2) is 9.97 Å². The van der Waals surface area contributed by atoms with E-state index in [1.807, 2.05) is 17.0 Å². The number of hydrogen-bond donors (Lipinski definition) is 2. The maximum atomic E-state index is 5.48. The molecule has 1 unspecified atom stereocenters. The summed E-state index contributed by atoms with van der Waals surface area (Å²) in [6.45, 7) is 2.53. The van der Waals surface area contributed by atoms with Crippen molar-refractivity contribution in [1.82, 2.24) is 19.5 Å². The van der Waals surface area contributed by atoms with E-state index < -0.39 is 0 Å². The van der Waals surface area contributed by atoms with Gasteiger partial charge in [0, 0.05) is 25.1 Å². The van der Waals surface area contributed by atoms with Gasteiger partial charge in [-0.15, -0.1) is 0 Å². The minimum Gasteiger partial charge on any atom is -0.347 e. The third-order valence-corrected chi connectivity index (χ3v) is 2.23. The van der Waals surface area contributed by atoms with Gasteiger partial charge in [0.05, 0.1) is 18.1 Å². The van der Waals surface area contributed by atoms with Gasteiger partial charge in [-0.2, -0.15) is 0 Å². The first-order valence-electron chi connectivity index (χ1n) is 4.53. The third kappa shape index (κ3) is 1.54. The second-order valence-electron chi connectivity index (χ2n) is 3.17. The molecule has 0 aromatic carbocycles. The molecule has 2 aromatic heterocycles. The smallest absolute Gasteiger partial charge is 0.128 e. The van der Waals surface area contributed by atoms with Crippen LogP contribution >= 0.6 is 0 Å². The lowest BCUT2D eigenvalue weighted by molar-refractivity contribution is 0.605. The molecule has 0 amide bonds. The summed E-state index contributed by atoms with van der Waals surface area (Å²) in [5.74, 6) is 0.922. The SMILES string of the molecule is CC(c1ncc[nH]1)n1cnc(CN)c1. The number of nitrogens with zero attached hydrogens (tertiary/aromatic N) is 3. The van der Waals surface area contributed by atoms with Crippen molar-refractivity contribution in [2.75, 3.05) is 0 Å². The summed E-state index contributed by atoms with van der Waals surface area (Å²) in [5.41, 5.74) is 6.37. The molecule has 1 atom stereocenters. The van der Waals surface area contributed by atoms with Crippen LogP contribution in [0.2, 0.25) is 0 Å². The van der Waals surface area contributed by atoms with E-state index in [0.29, 0.717) is 6.54 Å². The Morgan fingerprint density at radius 1 is 1.57 bits per heavy atom. The second-order valence-corrected chi connectivity index (χ2v) is 3.17. The van der Waals surface area contributed by atoms with E-state index in [1.165, 1.54) is 0 Å². The molecule has 5 nitrogen and oxygen atoms in total. The van der Waals surface area contributed by atoms with E-state index in [0.717, 1.165) is 11.5 Å². The van der Waals surface area contributed by atoms with Crippen LogP contribution < -0.4 is 5.73 Å². The number of H-pyrrole nitrogens is 1. The van der Waals surface area contributed by atoms with Gasteiger partial charge in [-0.3, -0.25) is 0 Å². The summed E-state index contributed by atoms with van der Waals surface area (Å²) >= 11 is 0. The van der Waals surface area contributed by atoms with Gasteiger partial charge in [0.1, 0.15) is 5.82 Å². The quantitative estimate of drug-likeness (QED) is 0.749. The first-order chi connectivity index (χ1) is 6.81. The fraction of sp³-hybridized carbons (Fsp3) is 0.333. The van der Waals surface area contributed by atoms with Gasteiger partial charge >= 0.3 is 0 Å². The van der Waals surface area contributed by atoms with Crippen LogP contribution in [-0.4, -0.2) is 19.5 Å². The van der Waals surface area contributed by atoms with Crippen molar-refractivity contribution in [3.05, 3.63) is 36.4 Å². The van der Waals surface area contributed by atoms with Crippen molar-refractivity contribution in [3.63, 3.8) is 0 Å². The largest absolute Gasteiger partial charge is 0.347 e. The number of nitrogens with two attached hydrogens (primary N) is 1. The molecule has 0 aliphatic heterocycles.